The van der Waals surface area contributed by atoms with Gasteiger partial charge in [0.2, 0.25) is 0 Å². The molecule has 1 aromatic heterocycles. The van der Waals surface area contributed by atoms with Crippen molar-refractivity contribution in [3.8, 4) is 17.1 Å². The molecule has 21 heavy (non-hydrogen) atoms. The number of benzene rings is 1. The largest absolute Gasteiger partial charge is 0.496 e. The average Bonchev–Trinajstić information content (AvgIpc) is 2.88. The van der Waals surface area contributed by atoms with Crippen molar-refractivity contribution >= 4 is 0 Å². The summed E-state index contributed by atoms with van der Waals surface area (Å²) in [5.41, 5.74) is -3.48. The van der Waals surface area contributed by atoms with Gasteiger partial charge in [-0.25, -0.2) is 0 Å². The molecule has 0 radical (unpaired) electrons. The summed E-state index contributed by atoms with van der Waals surface area (Å²) in [4.78, 5) is 0. The van der Waals surface area contributed by atoms with Crippen molar-refractivity contribution in [3.05, 3.63) is 41.7 Å². The van der Waals surface area contributed by atoms with Gasteiger partial charge in [-0.2, -0.15) is 26.3 Å². The van der Waals surface area contributed by atoms with Crippen molar-refractivity contribution in [2.24, 2.45) is 0 Å². The minimum atomic E-state index is -4.99. The molecule has 2 rings (SSSR count). The third kappa shape index (κ3) is 2.98. The molecule has 0 saturated heterocycles. The van der Waals surface area contributed by atoms with Crippen LogP contribution in [0.15, 0.2) is 34.9 Å². The molecule has 2 aromatic rings. The van der Waals surface area contributed by atoms with E-state index in [1.807, 2.05) is 0 Å². The standard InChI is InChI=1S/C13H8F6O2/c1-20-10-6-7(12(14,15)16)5-8(13(17,18)19)11(10)9-3-2-4-21-9/h2-6H,1H3. The molecular formula is C13H8F6O2. The van der Waals surface area contributed by atoms with E-state index >= 15 is 0 Å². The summed E-state index contributed by atoms with van der Waals surface area (Å²) in [6.45, 7) is 0. The summed E-state index contributed by atoms with van der Waals surface area (Å²) in [6.07, 6.45) is -8.79. The van der Waals surface area contributed by atoms with Gasteiger partial charge in [-0.3, -0.25) is 0 Å². The predicted molar refractivity (Wildman–Crippen MR) is 60.7 cm³/mol. The average molecular weight is 310 g/mol. The zero-order valence-corrected chi connectivity index (χ0v) is 10.5. The van der Waals surface area contributed by atoms with E-state index in [1.165, 1.54) is 12.1 Å². The minimum Gasteiger partial charge on any atom is -0.496 e. The van der Waals surface area contributed by atoms with E-state index in [0.29, 0.717) is 6.07 Å². The van der Waals surface area contributed by atoms with E-state index in [1.54, 1.807) is 0 Å². The Hall–Kier alpha value is -2.12. The first-order chi connectivity index (χ1) is 9.64. The molecule has 0 aliphatic heterocycles. The number of ether oxygens (including phenoxy) is 1. The van der Waals surface area contributed by atoms with E-state index in [-0.39, 0.29) is 11.8 Å². The van der Waals surface area contributed by atoms with Crippen LogP contribution in [0.2, 0.25) is 0 Å². The summed E-state index contributed by atoms with van der Waals surface area (Å²) in [7, 11) is 0.988. The molecule has 0 aliphatic carbocycles. The molecule has 1 heterocycles. The molecule has 0 N–H and O–H groups in total. The van der Waals surface area contributed by atoms with Crippen molar-refractivity contribution in [1.82, 2.24) is 0 Å². The summed E-state index contributed by atoms with van der Waals surface area (Å²) < 4.78 is 86.8. The quantitative estimate of drug-likeness (QED) is 0.729. The highest BCUT2D eigenvalue weighted by atomic mass is 19.4. The Bertz CT molecular complexity index is 625. The molecule has 0 unspecified atom stereocenters. The fourth-order valence-electron chi connectivity index (χ4n) is 1.84. The van der Waals surface area contributed by atoms with E-state index in [9.17, 15) is 26.3 Å². The van der Waals surface area contributed by atoms with Crippen LogP contribution in [0.5, 0.6) is 5.75 Å². The molecule has 114 valence electrons. The number of alkyl halides is 6. The van der Waals surface area contributed by atoms with Crippen molar-refractivity contribution in [2.75, 3.05) is 7.11 Å². The smallest absolute Gasteiger partial charge is 0.417 e. The summed E-state index contributed by atoms with van der Waals surface area (Å²) >= 11 is 0. The van der Waals surface area contributed by atoms with Gasteiger partial charge in [0.25, 0.3) is 0 Å². The molecule has 8 heteroatoms. The van der Waals surface area contributed by atoms with Crippen molar-refractivity contribution in [1.29, 1.82) is 0 Å². The van der Waals surface area contributed by atoms with Gasteiger partial charge in [0.1, 0.15) is 11.5 Å². The first kappa shape index (κ1) is 15.3. The Morgan fingerprint density at radius 1 is 1.00 bits per heavy atom. The summed E-state index contributed by atoms with van der Waals surface area (Å²) in [5.74, 6) is -0.792. The predicted octanol–water partition coefficient (Wildman–Crippen LogP) is 4.99. The van der Waals surface area contributed by atoms with Crippen LogP contribution in [0.3, 0.4) is 0 Å². The lowest BCUT2D eigenvalue weighted by Gasteiger charge is -2.18. The zero-order chi connectivity index (χ0) is 15.8. The Labute approximate surface area is 114 Å². The third-order valence-corrected chi connectivity index (χ3v) is 2.72. The van der Waals surface area contributed by atoms with Gasteiger partial charge < -0.3 is 9.15 Å². The van der Waals surface area contributed by atoms with Gasteiger partial charge in [0, 0.05) is 0 Å². The molecular weight excluding hydrogens is 302 g/mol. The van der Waals surface area contributed by atoms with E-state index < -0.39 is 34.8 Å². The number of hydrogen-bond acceptors (Lipinski definition) is 2. The first-order valence-electron chi connectivity index (χ1n) is 5.55. The Balaban J connectivity index is 2.80. The lowest BCUT2D eigenvalue weighted by molar-refractivity contribution is -0.142. The highest BCUT2D eigenvalue weighted by Crippen LogP contribution is 2.45. The first-order valence-corrected chi connectivity index (χ1v) is 5.55. The molecule has 0 atom stereocenters. The topological polar surface area (TPSA) is 22.4 Å². The Morgan fingerprint density at radius 2 is 1.67 bits per heavy atom. The highest BCUT2D eigenvalue weighted by Gasteiger charge is 2.40. The number of halogens is 6. The second-order valence-electron chi connectivity index (χ2n) is 4.07. The zero-order valence-electron chi connectivity index (χ0n) is 10.5. The molecule has 0 saturated carbocycles. The fraction of sp³-hybridized carbons (Fsp3) is 0.231. The second kappa shape index (κ2) is 5.01. The maximum absolute atomic E-state index is 13.1. The normalized spacial score (nSPS) is 12.5. The maximum atomic E-state index is 13.1. The lowest BCUT2D eigenvalue weighted by atomic mass is 9.99. The molecule has 0 fully saturated rings. The summed E-state index contributed by atoms with van der Waals surface area (Å²) in [6, 6.07) is 3.08. The Kier molecular flexibility index (Phi) is 3.65. The van der Waals surface area contributed by atoms with Gasteiger partial charge in [-0.1, -0.05) is 0 Å². The van der Waals surface area contributed by atoms with Crippen LogP contribution in [0, 0.1) is 0 Å². The van der Waals surface area contributed by atoms with Crippen LogP contribution in [-0.2, 0) is 12.4 Å². The van der Waals surface area contributed by atoms with Crippen molar-refractivity contribution < 1.29 is 35.5 Å². The molecule has 0 bridgehead atoms. The minimum absolute atomic E-state index is 0.0420. The van der Waals surface area contributed by atoms with Crippen LogP contribution in [0.1, 0.15) is 11.1 Å². The lowest BCUT2D eigenvalue weighted by Crippen LogP contribution is -2.13. The highest BCUT2D eigenvalue weighted by molar-refractivity contribution is 5.71. The molecule has 1 aromatic carbocycles. The maximum Gasteiger partial charge on any atom is 0.417 e. The van der Waals surface area contributed by atoms with Gasteiger partial charge in [-0.05, 0) is 24.3 Å². The van der Waals surface area contributed by atoms with Gasteiger partial charge in [-0.15, -0.1) is 0 Å². The monoisotopic (exact) mass is 310 g/mol. The van der Waals surface area contributed by atoms with Gasteiger partial charge in [0.05, 0.1) is 30.1 Å². The second-order valence-corrected chi connectivity index (χ2v) is 4.07. The van der Waals surface area contributed by atoms with Crippen LogP contribution in [0.4, 0.5) is 26.3 Å². The SMILES string of the molecule is COc1cc(C(F)(F)F)cc(C(F)(F)F)c1-c1ccco1. The van der Waals surface area contributed by atoms with Gasteiger partial charge in [0.15, 0.2) is 0 Å². The van der Waals surface area contributed by atoms with E-state index in [2.05, 4.69) is 4.74 Å². The van der Waals surface area contributed by atoms with Crippen molar-refractivity contribution in [2.45, 2.75) is 12.4 Å². The van der Waals surface area contributed by atoms with Gasteiger partial charge >= 0.3 is 12.4 Å². The molecule has 0 spiro atoms. The Morgan fingerprint density at radius 3 is 2.10 bits per heavy atom. The van der Waals surface area contributed by atoms with Crippen LogP contribution in [-0.4, -0.2) is 7.11 Å². The molecule has 0 aliphatic rings. The van der Waals surface area contributed by atoms with E-state index in [4.69, 9.17) is 4.42 Å². The number of furan rings is 1. The van der Waals surface area contributed by atoms with Crippen LogP contribution in [0.25, 0.3) is 11.3 Å². The number of rotatable bonds is 2. The van der Waals surface area contributed by atoms with E-state index in [0.717, 1.165) is 13.4 Å². The summed E-state index contributed by atoms with van der Waals surface area (Å²) in [5, 5.41) is 0. The van der Waals surface area contributed by atoms with Crippen molar-refractivity contribution in [3.63, 3.8) is 0 Å². The number of methoxy groups -OCH3 is 1. The fourth-order valence-corrected chi connectivity index (χ4v) is 1.84. The third-order valence-electron chi connectivity index (χ3n) is 2.72. The molecule has 0 amide bonds. The molecule has 2 nitrogen and oxygen atoms in total. The van der Waals surface area contributed by atoms with Crippen LogP contribution < -0.4 is 4.74 Å². The number of hydrogen-bond donors (Lipinski definition) is 0. The van der Waals surface area contributed by atoms with Crippen LogP contribution >= 0.6 is 0 Å².